The molecule has 1 spiro atoms. The van der Waals surface area contributed by atoms with Crippen LogP contribution in [0.2, 0.25) is 0 Å². The average Bonchev–Trinajstić information content (AvgIpc) is 3.81. The van der Waals surface area contributed by atoms with Crippen LogP contribution in [0.4, 0.5) is 27.8 Å². The first kappa shape index (κ1) is 26.3. The minimum Gasteiger partial charge on any atom is -0.390 e. The number of aliphatic hydroxyl groups excluding tert-OH is 1. The summed E-state index contributed by atoms with van der Waals surface area (Å²) >= 11 is 0. The van der Waals surface area contributed by atoms with E-state index in [-0.39, 0.29) is 35.6 Å². The third-order valence-corrected chi connectivity index (χ3v) is 7.94. The fourth-order valence-electron chi connectivity index (χ4n) is 5.46. The van der Waals surface area contributed by atoms with E-state index in [2.05, 4.69) is 9.97 Å². The fraction of sp³-hybridized carbons (Fsp3) is 0.423. The number of aromatic nitrogens is 3. The van der Waals surface area contributed by atoms with Crippen molar-refractivity contribution in [3.05, 3.63) is 58.0 Å². The molecule has 0 aromatic carbocycles. The van der Waals surface area contributed by atoms with Gasteiger partial charge in [-0.2, -0.15) is 13.2 Å². The molecule has 0 bridgehead atoms. The van der Waals surface area contributed by atoms with Crippen LogP contribution in [0.1, 0.15) is 43.0 Å². The van der Waals surface area contributed by atoms with Crippen LogP contribution in [0.3, 0.4) is 0 Å². The maximum absolute atomic E-state index is 14.9. The molecule has 14 heteroatoms. The molecule has 2 N–H and O–H groups in total. The molecule has 3 aromatic heterocycles. The number of anilines is 1. The first-order chi connectivity index (χ1) is 18.8. The van der Waals surface area contributed by atoms with Crippen molar-refractivity contribution in [2.45, 2.75) is 57.0 Å². The second-order valence-corrected chi connectivity index (χ2v) is 10.6. The largest absolute Gasteiger partial charge is 0.408 e. The predicted molar refractivity (Wildman–Crippen MR) is 130 cm³/mol. The molecule has 3 atom stereocenters. The quantitative estimate of drug-likeness (QED) is 0.461. The van der Waals surface area contributed by atoms with Crippen molar-refractivity contribution >= 4 is 28.7 Å². The van der Waals surface area contributed by atoms with Crippen molar-refractivity contribution in [3.8, 4) is 5.82 Å². The van der Waals surface area contributed by atoms with E-state index < -0.39 is 70.0 Å². The number of fused-ring (bicyclic) bond motifs is 1. The first-order valence-electron chi connectivity index (χ1n) is 12.6. The molecule has 2 saturated carbocycles. The zero-order valence-corrected chi connectivity index (χ0v) is 20.9. The van der Waals surface area contributed by atoms with Gasteiger partial charge >= 0.3 is 6.18 Å². The zero-order chi connectivity index (χ0) is 28.7. The van der Waals surface area contributed by atoms with Gasteiger partial charge in [0.1, 0.15) is 23.2 Å². The molecule has 2 aliphatic carbocycles. The van der Waals surface area contributed by atoms with Gasteiger partial charge in [0.2, 0.25) is 11.3 Å². The molecule has 0 radical (unpaired) electrons. The maximum atomic E-state index is 14.9. The van der Waals surface area contributed by atoms with Crippen LogP contribution in [0.5, 0.6) is 0 Å². The van der Waals surface area contributed by atoms with Crippen molar-refractivity contribution in [3.63, 3.8) is 0 Å². The number of aliphatic hydroxyl groups is 1. The molecule has 1 aliphatic heterocycles. The number of pyridine rings is 3. The van der Waals surface area contributed by atoms with Crippen LogP contribution in [0.15, 0.2) is 35.4 Å². The Bertz CT molecular complexity index is 1630. The van der Waals surface area contributed by atoms with Gasteiger partial charge in [-0.15, -0.1) is 0 Å². The smallest absolute Gasteiger partial charge is 0.390 e. The number of alkyl halides is 3. The Morgan fingerprint density at radius 3 is 2.48 bits per heavy atom. The van der Waals surface area contributed by atoms with Crippen LogP contribution in [-0.4, -0.2) is 55.8 Å². The lowest BCUT2D eigenvalue weighted by molar-refractivity contribution is -0.158. The Hall–Kier alpha value is -3.94. The number of carbonyl (C=O) groups excluding carboxylic acids is 2. The average molecular weight is 563 g/mol. The number of nitrogens with zero attached hydrogens (tertiary/aromatic N) is 4. The van der Waals surface area contributed by atoms with Gasteiger partial charge in [-0.1, -0.05) is 0 Å². The van der Waals surface area contributed by atoms with Crippen LogP contribution in [0.25, 0.3) is 16.9 Å². The van der Waals surface area contributed by atoms with Crippen molar-refractivity contribution < 1.29 is 36.6 Å². The summed E-state index contributed by atoms with van der Waals surface area (Å²) in [4.78, 5) is 48.8. The molecule has 40 heavy (non-hydrogen) atoms. The van der Waals surface area contributed by atoms with E-state index in [0.29, 0.717) is 25.1 Å². The van der Waals surface area contributed by atoms with Crippen LogP contribution >= 0.6 is 0 Å². The standard InChI is InChI=1S/C26H22F5N5O4/c1-11-20(38)25(6-7-25)24(40)36(11)17-5-4-14-18(37)15(23(39)34-19(12-2-3-12)26(29,30)31)10-35(21(14)33-17)22-16(28)8-13(27)9-32-22/h4-5,8-12,19-20,38H,2-3,6-7H2,1H3,(H,34,39). The molecular formula is C26H22F5N5O4. The summed E-state index contributed by atoms with van der Waals surface area (Å²) in [5.41, 5.74) is -2.92. The number of amides is 2. The number of carbonyl (C=O) groups is 2. The van der Waals surface area contributed by atoms with E-state index in [1.165, 1.54) is 17.0 Å². The number of halogens is 5. The van der Waals surface area contributed by atoms with E-state index in [4.69, 9.17) is 0 Å². The summed E-state index contributed by atoms with van der Waals surface area (Å²) in [6.45, 7) is 1.63. The van der Waals surface area contributed by atoms with E-state index >= 15 is 0 Å². The number of rotatable bonds is 5. The molecule has 3 unspecified atom stereocenters. The Morgan fingerprint density at radius 2 is 1.90 bits per heavy atom. The Balaban J connectivity index is 1.51. The normalized spacial score (nSPS) is 22.7. The Kier molecular flexibility index (Phi) is 5.77. The minimum absolute atomic E-state index is 0.0200. The lowest BCUT2D eigenvalue weighted by atomic mass is 9.99. The van der Waals surface area contributed by atoms with Crippen LogP contribution in [0, 0.1) is 23.0 Å². The van der Waals surface area contributed by atoms with Crippen molar-refractivity contribution in [1.82, 2.24) is 19.9 Å². The summed E-state index contributed by atoms with van der Waals surface area (Å²) in [6, 6.07) is 0.166. The zero-order valence-electron chi connectivity index (χ0n) is 20.9. The summed E-state index contributed by atoms with van der Waals surface area (Å²) in [5.74, 6) is -5.30. The van der Waals surface area contributed by atoms with E-state index in [1.807, 2.05) is 5.32 Å². The molecule has 4 heterocycles. The summed E-state index contributed by atoms with van der Waals surface area (Å²) in [7, 11) is 0. The van der Waals surface area contributed by atoms with Crippen LogP contribution in [-0.2, 0) is 4.79 Å². The molecule has 1 saturated heterocycles. The highest BCUT2D eigenvalue weighted by Gasteiger charge is 2.65. The molecular weight excluding hydrogens is 541 g/mol. The second kappa shape index (κ2) is 8.78. The predicted octanol–water partition coefficient (Wildman–Crippen LogP) is 3.01. The number of hydrogen-bond donors (Lipinski definition) is 2. The van der Waals surface area contributed by atoms with Gasteiger partial charge in [0.05, 0.1) is 29.1 Å². The van der Waals surface area contributed by atoms with Crippen molar-refractivity contribution in [2.24, 2.45) is 11.3 Å². The Labute approximate surface area is 222 Å². The van der Waals surface area contributed by atoms with Gasteiger partial charge in [0, 0.05) is 12.3 Å². The minimum atomic E-state index is -4.75. The van der Waals surface area contributed by atoms with Gasteiger partial charge in [-0.05, 0) is 50.7 Å². The summed E-state index contributed by atoms with van der Waals surface area (Å²) in [5, 5.41) is 12.2. The molecule has 210 valence electrons. The number of hydrogen-bond acceptors (Lipinski definition) is 6. The Morgan fingerprint density at radius 1 is 1.20 bits per heavy atom. The van der Waals surface area contributed by atoms with Crippen molar-refractivity contribution in [2.75, 3.05) is 4.90 Å². The molecule has 3 aliphatic rings. The fourth-order valence-corrected chi connectivity index (χ4v) is 5.46. The van der Waals surface area contributed by atoms with Gasteiger partial charge in [-0.25, -0.2) is 18.7 Å². The summed E-state index contributed by atoms with van der Waals surface area (Å²) < 4.78 is 70.1. The number of nitrogens with one attached hydrogen (secondary N) is 1. The maximum Gasteiger partial charge on any atom is 0.408 e. The third-order valence-electron chi connectivity index (χ3n) is 7.94. The SMILES string of the molecule is CC1C(O)C2(CC2)C(=O)N1c1ccc2c(=O)c(C(=O)NC(C3CC3)C(F)(F)F)cn(-c3ncc(F)cc3F)c2n1. The van der Waals surface area contributed by atoms with Gasteiger partial charge in [-0.3, -0.25) is 23.9 Å². The monoisotopic (exact) mass is 563 g/mol. The third kappa shape index (κ3) is 4.03. The molecule has 2 amide bonds. The topological polar surface area (TPSA) is 117 Å². The highest BCUT2D eigenvalue weighted by molar-refractivity contribution is 6.03. The van der Waals surface area contributed by atoms with Crippen molar-refractivity contribution in [1.29, 1.82) is 0 Å². The van der Waals surface area contributed by atoms with E-state index in [1.54, 1.807) is 6.92 Å². The summed E-state index contributed by atoms with van der Waals surface area (Å²) in [6.07, 6.45) is -2.73. The molecule has 6 rings (SSSR count). The highest BCUT2D eigenvalue weighted by Crippen LogP contribution is 2.56. The molecule has 3 aromatic rings. The van der Waals surface area contributed by atoms with Gasteiger partial charge in [0.15, 0.2) is 17.3 Å². The molecule has 3 fully saturated rings. The van der Waals surface area contributed by atoms with E-state index in [0.717, 1.165) is 10.8 Å². The highest BCUT2D eigenvalue weighted by atomic mass is 19.4. The first-order valence-corrected chi connectivity index (χ1v) is 12.6. The lowest BCUT2D eigenvalue weighted by Gasteiger charge is -2.23. The molecule has 9 nitrogen and oxygen atoms in total. The van der Waals surface area contributed by atoms with Gasteiger partial charge < -0.3 is 10.4 Å². The lowest BCUT2D eigenvalue weighted by Crippen LogP contribution is -2.48. The second-order valence-electron chi connectivity index (χ2n) is 10.6. The van der Waals surface area contributed by atoms with E-state index in [9.17, 15) is 41.4 Å². The van der Waals surface area contributed by atoms with Gasteiger partial charge in [0.25, 0.3) is 5.91 Å². The van der Waals surface area contributed by atoms with Crippen LogP contribution < -0.4 is 15.6 Å².